The predicted molar refractivity (Wildman–Crippen MR) is 34.4 cm³/mol. The fraction of sp³-hybridized carbons (Fsp3) is 0.500. The quantitative estimate of drug-likeness (QED) is 0.317. The van der Waals surface area contributed by atoms with Crippen molar-refractivity contribution in [3.63, 3.8) is 0 Å². The third-order valence-corrected chi connectivity index (χ3v) is 0.438. The number of hydrogen-bond donors (Lipinski definition) is 0. The van der Waals surface area contributed by atoms with E-state index in [0.29, 0.717) is 0 Å². The molecule has 5 nitrogen and oxygen atoms in total. The third kappa shape index (κ3) is 6.74. The predicted octanol–water partition coefficient (Wildman–Crippen LogP) is 0.540. The number of nitrogens with zero attached hydrogens (tertiary/aromatic N) is 3. The van der Waals surface area contributed by atoms with Crippen LogP contribution in [0.4, 0.5) is 0 Å². The first-order chi connectivity index (χ1) is 4.41. The summed E-state index contributed by atoms with van der Waals surface area (Å²) in [5, 5.41) is 10.1. The number of hydrogen-bond acceptors (Lipinski definition) is 4. The highest BCUT2D eigenvalue weighted by Gasteiger charge is 1.55. The van der Waals surface area contributed by atoms with Gasteiger partial charge in [-0.25, -0.2) is 10.3 Å². The minimum absolute atomic E-state index is 1.21. The second-order valence-corrected chi connectivity index (χ2v) is 0.956. The molecule has 0 aromatic carbocycles. The first-order valence-electron chi connectivity index (χ1n) is 2.21. The van der Waals surface area contributed by atoms with Crippen LogP contribution in [0.25, 0.3) is 5.32 Å². The second-order valence-electron chi connectivity index (χ2n) is 0.956. The fourth-order valence-electron chi connectivity index (χ4n) is 0.179. The molecule has 0 saturated carbocycles. The minimum atomic E-state index is 1.21. The van der Waals surface area contributed by atoms with Gasteiger partial charge in [-0.15, -0.1) is 0 Å². The Kier molecular flexibility index (Phi) is 5.80. The van der Waals surface area contributed by atoms with Gasteiger partial charge in [-0.2, -0.15) is 0 Å². The molecule has 0 aliphatic carbocycles. The van der Waals surface area contributed by atoms with Crippen molar-refractivity contribution in [2.24, 2.45) is 10.3 Å². The van der Waals surface area contributed by atoms with Crippen LogP contribution >= 0.6 is 0 Å². The van der Waals surface area contributed by atoms with Gasteiger partial charge in [0.1, 0.15) is 0 Å². The van der Waals surface area contributed by atoms with Gasteiger partial charge in [0.15, 0.2) is 0 Å². The van der Waals surface area contributed by atoms with Crippen molar-refractivity contribution < 1.29 is 9.68 Å². The molecule has 0 spiro atoms. The summed E-state index contributed by atoms with van der Waals surface area (Å²) in [6.07, 6.45) is 2.42. The van der Waals surface area contributed by atoms with E-state index in [4.69, 9.17) is 0 Å². The largest absolute Gasteiger partial charge is 0.464 e. The van der Waals surface area contributed by atoms with Crippen molar-refractivity contribution in [1.82, 2.24) is 0 Å². The van der Waals surface area contributed by atoms with Crippen LogP contribution in [-0.2, 0) is 9.68 Å². The van der Waals surface area contributed by atoms with E-state index < -0.39 is 0 Å². The van der Waals surface area contributed by atoms with Gasteiger partial charge < -0.3 is 15.0 Å². The van der Waals surface area contributed by atoms with Gasteiger partial charge in [-0.05, 0) is 0 Å². The molecular weight excluding hydrogens is 122 g/mol. The van der Waals surface area contributed by atoms with Crippen molar-refractivity contribution in [2.75, 3.05) is 14.2 Å². The standard InChI is InChI=1S/C4H8N3O2/c1-8-6-3-5-4-7-9-2/h3-4H,1-2H3/q-1. The van der Waals surface area contributed by atoms with Gasteiger partial charge in [-0.1, -0.05) is 0 Å². The minimum Gasteiger partial charge on any atom is -0.464 e. The Morgan fingerprint density at radius 3 is 1.89 bits per heavy atom. The first kappa shape index (κ1) is 7.74. The van der Waals surface area contributed by atoms with Crippen LogP contribution in [0.15, 0.2) is 10.3 Å². The zero-order chi connectivity index (χ0) is 6.95. The summed E-state index contributed by atoms with van der Waals surface area (Å²) in [5.74, 6) is 0. The van der Waals surface area contributed by atoms with E-state index in [9.17, 15) is 0 Å². The Morgan fingerprint density at radius 2 is 1.56 bits per heavy atom. The lowest BCUT2D eigenvalue weighted by atomic mass is 11.1. The summed E-state index contributed by atoms with van der Waals surface area (Å²) >= 11 is 0. The van der Waals surface area contributed by atoms with E-state index >= 15 is 0 Å². The van der Waals surface area contributed by atoms with Gasteiger partial charge in [0.2, 0.25) is 0 Å². The first-order valence-corrected chi connectivity index (χ1v) is 2.21. The molecular formula is C4H8N3O2-. The second kappa shape index (κ2) is 6.74. The molecule has 0 amide bonds. The molecule has 0 aromatic rings. The Labute approximate surface area is 53.3 Å². The average Bonchev–Trinajstić information content (AvgIpc) is 1.89. The van der Waals surface area contributed by atoms with E-state index in [2.05, 4.69) is 25.3 Å². The van der Waals surface area contributed by atoms with Crippen molar-refractivity contribution in [1.29, 1.82) is 0 Å². The van der Waals surface area contributed by atoms with Crippen LogP contribution in [-0.4, -0.2) is 26.9 Å². The number of oxime groups is 2. The molecule has 9 heavy (non-hydrogen) atoms. The maximum atomic E-state index is 4.30. The summed E-state index contributed by atoms with van der Waals surface area (Å²) < 4.78 is 0. The van der Waals surface area contributed by atoms with Gasteiger partial charge in [0, 0.05) is 12.7 Å². The summed E-state index contributed by atoms with van der Waals surface area (Å²) in [4.78, 5) is 8.59. The van der Waals surface area contributed by atoms with Crippen molar-refractivity contribution in [3.8, 4) is 0 Å². The summed E-state index contributed by atoms with van der Waals surface area (Å²) in [7, 11) is 2.86. The van der Waals surface area contributed by atoms with Crippen LogP contribution in [0.3, 0.4) is 0 Å². The zero-order valence-electron chi connectivity index (χ0n) is 5.31. The van der Waals surface area contributed by atoms with Gasteiger partial charge in [0.25, 0.3) is 0 Å². The summed E-state index contributed by atoms with van der Waals surface area (Å²) in [6, 6.07) is 0. The SMILES string of the molecule is CO/N=C/[N-]/C=N/OC. The monoisotopic (exact) mass is 130 g/mol. The Bertz CT molecular complexity index is 90.0. The van der Waals surface area contributed by atoms with Crippen molar-refractivity contribution in [3.05, 3.63) is 5.32 Å². The maximum absolute atomic E-state index is 4.30. The van der Waals surface area contributed by atoms with Gasteiger partial charge in [-0.3, -0.25) is 0 Å². The lowest BCUT2D eigenvalue weighted by Gasteiger charge is -1.95. The van der Waals surface area contributed by atoms with Crippen molar-refractivity contribution >= 4 is 12.7 Å². The molecule has 0 bridgehead atoms. The molecule has 0 atom stereocenters. The molecule has 0 fully saturated rings. The van der Waals surface area contributed by atoms with Crippen molar-refractivity contribution in [2.45, 2.75) is 0 Å². The third-order valence-electron chi connectivity index (χ3n) is 0.438. The van der Waals surface area contributed by atoms with Crippen LogP contribution < -0.4 is 0 Å². The molecule has 0 radical (unpaired) electrons. The lowest BCUT2D eigenvalue weighted by Crippen LogP contribution is -1.76. The molecule has 0 saturated heterocycles. The van der Waals surface area contributed by atoms with E-state index in [1.54, 1.807) is 0 Å². The summed E-state index contributed by atoms with van der Waals surface area (Å²) in [5.41, 5.74) is 0. The Morgan fingerprint density at radius 1 is 1.11 bits per heavy atom. The molecule has 0 aliphatic rings. The van der Waals surface area contributed by atoms with Gasteiger partial charge in [0.05, 0.1) is 14.2 Å². The van der Waals surface area contributed by atoms with E-state index in [1.165, 1.54) is 26.9 Å². The van der Waals surface area contributed by atoms with Crippen LogP contribution in [0.5, 0.6) is 0 Å². The number of rotatable bonds is 4. The summed E-state index contributed by atoms with van der Waals surface area (Å²) in [6.45, 7) is 0. The lowest BCUT2D eigenvalue weighted by molar-refractivity contribution is 0.214. The molecule has 0 rings (SSSR count). The van der Waals surface area contributed by atoms with E-state index in [1.807, 2.05) is 0 Å². The van der Waals surface area contributed by atoms with E-state index in [-0.39, 0.29) is 0 Å². The molecule has 0 aliphatic heterocycles. The van der Waals surface area contributed by atoms with Gasteiger partial charge >= 0.3 is 0 Å². The zero-order valence-corrected chi connectivity index (χ0v) is 5.31. The highest BCUT2D eigenvalue weighted by atomic mass is 16.6. The molecule has 0 heterocycles. The molecule has 5 heteroatoms. The van der Waals surface area contributed by atoms with Crippen LogP contribution in [0.1, 0.15) is 0 Å². The Hall–Kier alpha value is -1.26. The highest BCUT2D eigenvalue weighted by molar-refractivity contribution is 5.94. The molecule has 0 aromatic heterocycles. The fourth-order valence-corrected chi connectivity index (χ4v) is 0.179. The van der Waals surface area contributed by atoms with Crippen LogP contribution in [0, 0.1) is 0 Å². The average molecular weight is 130 g/mol. The smallest absolute Gasteiger partial charge is 0.0884 e. The maximum Gasteiger partial charge on any atom is 0.0884 e. The Balaban J connectivity index is 3.08. The van der Waals surface area contributed by atoms with Crippen LogP contribution in [0.2, 0.25) is 0 Å². The van der Waals surface area contributed by atoms with E-state index in [0.717, 1.165) is 0 Å². The highest BCUT2D eigenvalue weighted by Crippen LogP contribution is 1.74. The molecule has 0 N–H and O–H groups in total. The molecule has 0 unspecified atom stereocenters. The topological polar surface area (TPSA) is 57.3 Å². The molecule has 52 valence electrons. The normalized spacial score (nSPS) is 10.4.